The third-order valence-corrected chi connectivity index (χ3v) is 5.30. The molecule has 0 unspecified atom stereocenters. The molecule has 0 aliphatic carbocycles. The topological polar surface area (TPSA) is 32.7 Å². The van der Waals surface area contributed by atoms with E-state index in [2.05, 4.69) is 35.0 Å². The fourth-order valence-electron chi connectivity index (χ4n) is 3.92. The summed E-state index contributed by atoms with van der Waals surface area (Å²) in [5.41, 5.74) is 6.38. The van der Waals surface area contributed by atoms with Crippen molar-refractivity contribution in [2.75, 3.05) is 24.5 Å². The second-order valence-electron chi connectivity index (χ2n) is 7.03. The van der Waals surface area contributed by atoms with Crippen LogP contribution in [0.3, 0.4) is 0 Å². The van der Waals surface area contributed by atoms with E-state index in [4.69, 9.17) is 0 Å². The summed E-state index contributed by atoms with van der Waals surface area (Å²) in [5, 5.41) is 0. The molecule has 2 aromatic rings. The van der Waals surface area contributed by atoms with E-state index in [9.17, 15) is 4.79 Å². The molecule has 25 heavy (non-hydrogen) atoms. The van der Waals surface area contributed by atoms with Crippen molar-refractivity contribution < 1.29 is 4.79 Å². The van der Waals surface area contributed by atoms with Crippen molar-refractivity contribution in [1.29, 1.82) is 0 Å². The first-order valence-electron chi connectivity index (χ1n) is 9.27. The maximum atomic E-state index is 12.1. The summed E-state index contributed by atoms with van der Waals surface area (Å²) in [7, 11) is 0. The largest absolute Gasteiger partial charge is 0.372 e. The van der Waals surface area contributed by atoms with Gasteiger partial charge in [-0.2, -0.15) is 0 Å². The molecule has 0 amide bonds. The van der Waals surface area contributed by atoms with Gasteiger partial charge in [-0.15, -0.1) is 0 Å². The quantitative estimate of drug-likeness (QED) is 0.816. The summed E-state index contributed by atoms with van der Waals surface area (Å²) in [6, 6.07) is 14.5. The Morgan fingerprint density at radius 2 is 1.60 bits per heavy atom. The number of anilines is 1. The minimum Gasteiger partial charge on any atom is -0.372 e. The van der Waals surface area contributed by atoms with E-state index >= 15 is 0 Å². The van der Waals surface area contributed by atoms with E-state index in [1.165, 1.54) is 36.9 Å². The monoisotopic (exact) mass is 332 g/mol. The molecule has 0 saturated carbocycles. The van der Waals surface area contributed by atoms with Gasteiger partial charge in [0.2, 0.25) is 0 Å². The molecule has 2 aromatic carbocycles. The van der Waals surface area contributed by atoms with Crippen molar-refractivity contribution in [2.45, 2.75) is 32.6 Å². The van der Waals surface area contributed by atoms with Crippen molar-refractivity contribution in [2.24, 2.45) is 4.99 Å². The Balaban J connectivity index is 1.69. The van der Waals surface area contributed by atoms with E-state index in [0.717, 1.165) is 35.5 Å². The molecule has 3 nitrogen and oxygen atoms in total. The number of carbonyl (C=O) groups excluding carboxylic acids is 1. The first kappa shape index (κ1) is 16.1. The number of rotatable bonds is 2. The minimum atomic E-state index is 0.109. The van der Waals surface area contributed by atoms with Gasteiger partial charge in [0.05, 0.1) is 5.71 Å². The highest BCUT2D eigenvalue weighted by atomic mass is 16.1. The summed E-state index contributed by atoms with van der Waals surface area (Å²) in [6.07, 6.45) is 5.25. The van der Waals surface area contributed by atoms with Gasteiger partial charge in [-0.1, -0.05) is 43.2 Å². The summed E-state index contributed by atoms with van der Waals surface area (Å²) >= 11 is 0. The Hall–Kier alpha value is -2.42. The molecule has 3 heteroatoms. The second-order valence-corrected chi connectivity index (χ2v) is 7.03. The molecule has 4 rings (SSSR count). The molecule has 2 heterocycles. The number of fused-ring (bicyclic) bond motifs is 1. The number of nitrogens with zero attached hydrogens (tertiary/aromatic N) is 2. The second kappa shape index (κ2) is 6.83. The average molecular weight is 332 g/mol. The van der Waals surface area contributed by atoms with Gasteiger partial charge >= 0.3 is 0 Å². The highest BCUT2D eigenvalue weighted by molar-refractivity contribution is 6.22. The van der Waals surface area contributed by atoms with Crippen LogP contribution in [-0.2, 0) is 0 Å². The lowest BCUT2D eigenvalue weighted by Gasteiger charge is -2.24. The van der Waals surface area contributed by atoms with Gasteiger partial charge in [-0.05, 0) is 37.5 Å². The first-order valence-corrected chi connectivity index (χ1v) is 9.27. The molecule has 0 bridgehead atoms. The van der Waals surface area contributed by atoms with Crippen molar-refractivity contribution >= 4 is 17.2 Å². The zero-order valence-corrected chi connectivity index (χ0v) is 14.8. The van der Waals surface area contributed by atoms with Crippen LogP contribution in [0.2, 0.25) is 0 Å². The van der Waals surface area contributed by atoms with E-state index in [1.807, 2.05) is 24.3 Å². The summed E-state index contributed by atoms with van der Waals surface area (Å²) < 4.78 is 0. The maximum absolute atomic E-state index is 12.1. The van der Waals surface area contributed by atoms with Crippen LogP contribution in [0.5, 0.6) is 0 Å². The summed E-state index contributed by atoms with van der Waals surface area (Å²) in [4.78, 5) is 19.2. The van der Waals surface area contributed by atoms with Crippen LogP contribution in [-0.4, -0.2) is 31.1 Å². The molecule has 0 spiro atoms. The minimum absolute atomic E-state index is 0.109. The van der Waals surface area contributed by atoms with Crippen LogP contribution in [0.1, 0.15) is 52.7 Å². The Morgan fingerprint density at radius 3 is 2.32 bits per heavy atom. The van der Waals surface area contributed by atoms with E-state index in [1.54, 1.807) is 0 Å². The number of benzene rings is 2. The zero-order chi connectivity index (χ0) is 17.2. The Morgan fingerprint density at radius 1 is 0.880 bits per heavy atom. The molecule has 1 saturated heterocycles. The highest BCUT2D eigenvalue weighted by Gasteiger charge is 2.22. The lowest BCUT2D eigenvalue weighted by atomic mass is 9.90. The van der Waals surface area contributed by atoms with Crippen molar-refractivity contribution in [3.63, 3.8) is 0 Å². The molecule has 0 N–H and O–H groups in total. The third-order valence-electron chi connectivity index (χ3n) is 5.30. The summed E-state index contributed by atoms with van der Waals surface area (Å²) in [5.74, 6) is 0.109. The van der Waals surface area contributed by atoms with Crippen molar-refractivity contribution in [1.82, 2.24) is 0 Å². The van der Waals surface area contributed by atoms with Gasteiger partial charge in [-0.3, -0.25) is 9.79 Å². The van der Waals surface area contributed by atoms with Gasteiger partial charge in [0.25, 0.3) is 0 Å². The molecular weight excluding hydrogens is 308 g/mol. The Labute approximate surface area is 149 Å². The third kappa shape index (κ3) is 3.11. The standard InChI is InChI=1S/C22H24N2O/c1-16-14-17(24-12-6-2-3-7-13-24)10-11-18(16)22-20-9-5-4-8-19(20)21(25)15-23-22/h4-5,8-11,14H,2-3,6-7,12-13,15H2,1H3. The lowest BCUT2D eigenvalue weighted by Crippen LogP contribution is -2.24. The SMILES string of the molecule is Cc1cc(N2CCCCCC2)ccc1C1=NCC(=O)c2ccccc21. The number of aryl methyl sites for hydroxylation is 1. The molecular formula is C22H24N2O. The Bertz CT molecular complexity index is 830. The fourth-order valence-corrected chi connectivity index (χ4v) is 3.92. The van der Waals surface area contributed by atoms with E-state index in [0.29, 0.717) is 0 Å². The molecule has 0 radical (unpaired) electrons. The predicted molar refractivity (Wildman–Crippen MR) is 103 cm³/mol. The molecule has 0 atom stereocenters. The van der Waals surface area contributed by atoms with Gasteiger partial charge in [0.1, 0.15) is 6.54 Å². The molecule has 2 aliphatic heterocycles. The zero-order valence-electron chi connectivity index (χ0n) is 14.8. The van der Waals surface area contributed by atoms with Crippen LogP contribution >= 0.6 is 0 Å². The number of hydrogen-bond acceptors (Lipinski definition) is 3. The summed E-state index contributed by atoms with van der Waals surface area (Å²) in [6.45, 7) is 4.70. The number of Topliss-reactive ketones (excluding diaryl/α,β-unsaturated/α-hetero) is 1. The van der Waals surface area contributed by atoms with E-state index < -0.39 is 0 Å². The first-order chi connectivity index (χ1) is 12.2. The molecule has 2 aliphatic rings. The predicted octanol–water partition coefficient (Wildman–Crippen LogP) is 4.41. The van der Waals surface area contributed by atoms with Gasteiger partial charge in [0.15, 0.2) is 5.78 Å². The Kier molecular flexibility index (Phi) is 4.39. The van der Waals surface area contributed by atoms with Crippen molar-refractivity contribution in [3.05, 3.63) is 64.7 Å². The normalized spacial score (nSPS) is 17.7. The molecule has 0 aromatic heterocycles. The van der Waals surface area contributed by atoms with Crippen LogP contribution in [0.4, 0.5) is 5.69 Å². The van der Waals surface area contributed by atoms with Crippen LogP contribution in [0.25, 0.3) is 0 Å². The van der Waals surface area contributed by atoms with Crippen LogP contribution in [0, 0.1) is 6.92 Å². The molecule has 128 valence electrons. The lowest BCUT2D eigenvalue weighted by molar-refractivity contribution is 0.1000. The van der Waals surface area contributed by atoms with Gasteiger partial charge < -0.3 is 4.90 Å². The number of carbonyl (C=O) groups is 1. The number of aliphatic imine (C=N–C) groups is 1. The molecule has 1 fully saturated rings. The van der Waals surface area contributed by atoms with Crippen molar-refractivity contribution in [3.8, 4) is 0 Å². The number of ketones is 1. The fraction of sp³-hybridized carbons (Fsp3) is 0.364. The maximum Gasteiger partial charge on any atom is 0.184 e. The van der Waals surface area contributed by atoms with E-state index in [-0.39, 0.29) is 12.3 Å². The van der Waals surface area contributed by atoms with Crippen LogP contribution in [0.15, 0.2) is 47.5 Å². The average Bonchev–Trinajstić information content (AvgIpc) is 2.92. The highest BCUT2D eigenvalue weighted by Crippen LogP contribution is 2.26. The smallest absolute Gasteiger partial charge is 0.184 e. The van der Waals surface area contributed by atoms with Gasteiger partial charge in [-0.25, -0.2) is 0 Å². The number of hydrogen-bond donors (Lipinski definition) is 0. The van der Waals surface area contributed by atoms with Crippen LogP contribution < -0.4 is 4.90 Å². The van der Waals surface area contributed by atoms with Gasteiger partial charge in [0, 0.05) is 35.5 Å².